The fraction of sp³-hybridized carbons (Fsp3) is 0.316. The predicted octanol–water partition coefficient (Wildman–Crippen LogP) is 4.13. The predicted molar refractivity (Wildman–Crippen MR) is 200 cm³/mol. The number of aromatic nitrogens is 6. The van der Waals surface area contributed by atoms with Crippen LogP contribution in [-0.2, 0) is 28.7 Å². The number of anilines is 2. The van der Waals surface area contributed by atoms with E-state index in [1.807, 2.05) is 39.1 Å². The number of halogens is 1. The molecule has 4 N–H and O–H groups in total. The van der Waals surface area contributed by atoms with Gasteiger partial charge in [0.2, 0.25) is 0 Å². The SMILES string of the molecule is CN1CCC(c2ccc(Nc3cc(-c4ccnc(-n5ncc6cc(C(C)(C)C)cc(F)c6c5=O)c4CO)nn(C)c3=O)nc2)CC1.O=C(O)C=CC(=O)O. The minimum Gasteiger partial charge on any atom is -0.478 e. The lowest BCUT2D eigenvalue weighted by molar-refractivity contribution is -0.134. The van der Waals surface area contributed by atoms with Gasteiger partial charge < -0.3 is 25.5 Å². The topological polar surface area (TPSA) is 206 Å². The molecule has 1 saturated heterocycles. The van der Waals surface area contributed by atoms with Gasteiger partial charge in [0.1, 0.15) is 17.3 Å². The Kier molecular flexibility index (Phi) is 11.8. The number of likely N-dealkylation sites (tertiary alicyclic amines) is 1. The van der Waals surface area contributed by atoms with Crippen molar-refractivity contribution in [1.82, 2.24) is 34.4 Å². The lowest BCUT2D eigenvalue weighted by Crippen LogP contribution is -2.29. The Morgan fingerprint density at radius 3 is 2.24 bits per heavy atom. The Labute approximate surface area is 309 Å². The van der Waals surface area contributed by atoms with Crippen molar-refractivity contribution in [3.8, 4) is 17.1 Å². The molecule has 1 fully saturated rings. The van der Waals surface area contributed by atoms with Crippen LogP contribution >= 0.6 is 0 Å². The van der Waals surface area contributed by atoms with Gasteiger partial charge in [0.05, 0.1) is 23.9 Å². The quantitative estimate of drug-likeness (QED) is 0.165. The molecule has 0 atom stereocenters. The van der Waals surface area contributed by atoms with Crippen LogP contribution in [0.25, 0.3) is 27.8 Å². The van der Waals surface area contributed by atoms with Gasteiger partial charge in [-0.3, -0.25) is 9.59 Å². The van der Waals surface area contributed by atoms with Crippen LogP contribution in [0, 0.1) is 5.82 Å². The van der Waals surface area contributed by atoms with Gasteiger partial charge >= 0.3 is 11.9 Å². The Morgan fingerprint density at radius 1 is 0.963 bits per heavy atom. The standard InChI is InChI=1S/C34H37FN8O3.C4H4O4/c1-34(2,3)23-14-22-18-38-43(33(46)30(22)26(35)15-23)31-25(19-44)24(8-11-36-31)27-16-28(32(45)42(5)40-27)39-29-7-6-21(17-37-29)20-9-12-41(4)13-10-20;5-3(6)1-2-4(7)8/h6-8,11,14-18,20,44H,9-10,12-13,19H2,1-5H3,(H,37,39);1-2H,(H,5,6)(H,7,8). The van der Waals surface area contributed by atoms with Crippen LogP contribution in [0.2, 0.25) is 0 Å². The number of fused-ring (bicyclic) bond motifs is 1. The van der Waals surface area contributed by atoms with Crippen LogP contribution in [0.3, 0.4) is 0 Å². The number of carboxylic acids is 2. The lowest BCUT2D eigenvalue weighted by atomic mass is 9.86. The number of hydrogen-bond acceptors (Lipinski definition) is 11. The summed E-state index contributed by atoms with van der Waals surface area (Å²) in [5.74, 6) is -2.18. The molecule has 0 bridgehead atoms. The molecule has 1 aliphatic heterocycles. The molecule has 282 valence electrons. The monoisotopic (exact) mass is 740 g/mol. The number of pyridine rings is 2. The van der Waals surface area contributed by atoms with E-state index in [2.05, 4.69) is 37.4 Å². The molecule has 0 radical (unpaired) electrons. The second-order valence-corrected chi connectivity index (χ2v) is 13.9. The Hall–Kier alpha value is -6.13. The molecule has 0 unspecified atom stereocenters. The van der Waals surface area contributed by atoms with Crippen molar-refractivity contribution in [2.45, 2.75) is 51.6 Å². The minimum absolute atomic E-state index is 0.0301. The number of nitrogens with zero attached hydrogens (tertiary/aromatic N) is 7. The highest BCUT2D eigenvalue weighted by Crippen LogP contribution is 2.30. The van der Waals surface area contributed by atoms with E-state index in [-0.39, 0.29) is 33.4 Å². The van der Waals surface area contributed by atoms with Gasteiger partial charge in [0, 0.05) is 48.1 Å². The number of carbonyl (C=O) groups is 2. The molecular formula is C38H41FN8O7. The maximum atomic E-state index is 15.3. The summed E-state index contributed by atoms with van der Waals surface area (Å²) >= 11 is 0. The number of aliphatic hydroxyl groups is 1. The summed E-state index contributed by atoms with van der Waals surface area (Å²) in [5, 5.41) is 38.2. The van der Waals surface area contributed by atoms with Crippen LogP contribution in [0.15, 0.2) is 76.7 Å². The highest BCUT2D eigenvalue weighted by atomic mass is 19.1. The van der Waals surface area contributed by atoms with Gasteiger partial charge in [0.25, 0.3) is 11.1 Å². The molecule has 1 aliphatic rings. The van der Waals surface area contributed by atoms with Gasteiger partial charge in [0.15, 0.2) is 5.82 Å². The van der Waals surface area contributed by atoms with E-state index in [9.17, 15) is 24.3 Å². The fourth-order valence-electron chi connectivity index (χ4n) is 6.05. The maximum Gasteiger partial charge on any atom is 0.328 e. The molecule has 5 heterocycles. The van der Waals surface area contributed by atoms with Crippen molar-refractivity contribution in [2.75, 3.05) is 25.5 Å². The number of carboxylic acid groups (broad SMARTS) is 2. The largest absolute Gasteiger partial charge is 0.478 e. The van der Waals surface area contributed by atoms with Crippen molar-refractivity contribution in [3.05, 3.63) is 110 Å². The summed E-state index contributed by atoms with van der Waals surface area (Å²) in [4.78, 5) is 57.0. The highest BCUT2D eigenvalue weighted by Gasteiger charge is 2.22. The van der Waals surface area contributed by atoms with Crippen molar-refractivity contribution in [2.24, 2.45) is 7.05 Å². The zero-order valence-corrected chi connectivity index (χ0v) is 30.4. The number of hydrogen-bond donors (Lipinski definition) is 4. The van der Waals surface area contributed by atoms with E-state index in [4.69, 9.17) is 10.2 Å². The Balaban J connectivity index is 0.000000631. The van der Waals surface area contributed by atoms with Gasteiger partial charge in [-0.05, 0) is 85.8 Å². The third-order valence-corrected chi connectivity index (χ3v) is 9.04. The van der Waals surface area contributed by atoms with E-state index < -0.39 is 29.9 Å². The second kappa shape index (κ2) is 16.3. The number of piperidine rings is 1. The molecule has 1 aromatic carbocycles. The van der Waals surface area contributed by atoms with E-state index in [0.29, 0.717) is 40.5 Å². The number of aryl methyl sites for hydroxylation is 1. The third kappa shape index (κ3) is 8.90. The van der Waals surface area contributed by atoms with Gasteiger partial charge in [-0.2, -0.15) is 14.9 Å². The van der Waals surface area contributed by atoms with E-state index in [1.165, 1.54) is 35.8 Å². The summed E-state index contributed by atoms with van der Waals surface area (Å²) in [5.41, 5.74) is 1.73. The van der Waals surface area contributed by atoms with Crippen molar-refractivity contribution < 1.29 is 29.3 Å². The van der Waals surface area contributed by atoms with Crippen molar-refractivity contribution >= 4 is 34.2 Å². The van der Waals surface area contributed by atoms with Crippen LogP contribution in [0.4, 0.5) is 15.9 Å². The number of rotatable bonds is 8. The van der Waals surface area contributed by atoms with E-state index >= 15 is 4.39 Å². The molecule has 5 aromatic rings. The molecule has 15 nitrogen and oxygen atoms in total. The first-order chi connectivity index (χ1) is 25.6. The summed E-state index contributed by atoms with van der Waals surface area (Å²) in [7, 11) is 3.66. The first-order valence-corrected chi connectivity index (χ1v) is 17.0. The summed E-state index contributed by atoms with van der Waals surface area (Å²) in [6, 6.07) is 10.2. The van der Waals surface area contributed by atoms with Gasteiger partial charge in [-0.1, -0.05) is 26.8 Å². The zero-order chi connectivity index (χ0) is 39.3. The van der Waals surface area contributed by atoms with E-state index in [0.717, 1.165) is 36.2 Å². The molecule has 0 aliphatic carbocycles. The molecule has 0 amide bonds. The number of aliphatic hydroxyl groups excluding tert-OH is 1. The molecule has 54 heavy (non-hydrogen) atoms. The van der Waals surface area contributed by atoms with Crippen LogP contribution in [-0.4, -0.2) is 81.8 Å². The maximum absolute atomic E-state index is 15.3. The first kappa shape index (κ1) is 39.1. The average Bonchev–Trinajstić information content (AvgIpc) is 3.13. The molecule has 4 aromatic heterocycles. The first-order valence-electron chi connectivity index (χ1n) is 17.0. The second-order valence-electron chi connectivity index (χ2n) is 13.9. The van der Waals surface area contributed by atoms with Gasteiger partial charge in [-0.25, -0.2) is 28.6 Å². The third-order valence-electron chi connectivity index (χ3n) is 9.04. The van der Waals surface area contributed by atoms with Crippen LogP contribution < -0.4 is 16.4 Å². The summed E-state index contributed by atoms with van der Waals surface area (Å²) in [6.45, 7) is 7.46. The van der Waals surface area contributed by atoms with Crippen LogP contribution in [0.1, 0.15) is 56.2 Å². The van der Waals surface area contributed by atoms with Crippen LogP contribution in [0.5, 0.6) is 0 Å². The molecule has 0 saturated carbocycles. The number of benzene rings is 1. The highest BCUT2D eigenvalue weighted by molar-refractivity contribution is 5.89. The minimum atomic E-state index is -1.26. The summed E-state index contributed by atoms with van der Waals surface area (Å²) < 4.78 is 17.5. The summed E-state index contributed by atoms with van der Waals surface area (Å²) in [6.07, 6.45) is 7.99. The van der Waals surface area contributed by atoms with Crippen molar-refractivity contribution in [3.63, 3.8) is 0 Å². The Morgan fingerprint density at radius 2 is 1.65 bits per heavy atom. The zero-order valence-electron chi connectivity index (χ0n) is 30.4. The molecular weight excluding hydrogens is 699 g/mol. The lowest BCUT2D eigenvalue weighted by Gasteiger charge is -2.29. The number of nitrogens with one attached hydrogen (secondary N) is 1. The normalized spacial score (nSPS) is 13.8. The molecule has 6 rings (SSSR count). The smallest absolute Gasteiger partial charge is 0.328 e. The average molecular weight is 741 g/mol. The Bertz CT molecular complexity index is 2330. The molecule has 0 spiro atoms. The number of aliphatic carboxylic acids is 2. The van der Waals surface area contributed by atoms with E-state index in [1.54, 1.807) is 18.2 Å². The van der Waals surface area contributed by atoms with Crippen molar-refractivity contribution in [1.29, 1.82) is 0 Å². The fourth-order valence-corrected chi connectivity index (χ4v) is 6.05. The molecule has 16 heteroatoms. The van der Waals surface area contributed by atoms with Gasteiger partial charge in [-0.15, -0.1) is 0 Å².